The molecule has 6 aromatic rings. The van der Waals surface area contributed by atoms with Gasteiger partial charge in [0, 0.05) is 48.6 Å². The number of nitrogens with zero attached hydrogens (tertiary/aromatic N) is 4. The maximum Gasteiger partial charge on any atom is 0.434 e. The summed E-state index contributed by atoms with van der Waals surface area (Å²) in [7, 11) is 3.34. The first-order valence-electron chi connectivity index (χ1n) is 13.8. The fourth-order valence-electron chi connectivity index (χ4n) is 4.72. The van der Waals surface area contributed by atoms with Crippen molar-refractivity contribution in [3.05, 3.63) is 120 Å². The molecule has 14 heteroatoms. The van der Waals surface area contributed by atoms with E-state index in [4.69, 9.17) is 4.74 Å². The average Bonchev–Trinajstić information content (AvgIpc) is 3.69. The predicted octanol–water partition coefficient (Wildman–Crippen LogP) is 8.19. The van der Waals surface area contributed by atoms with Crippen molar-refractivity contribution in [2.75, 3.05) is 19.4 Å². The first-order chi connectivity index (χ1) is 22.4. The van der Waals surface area contributed by atoms with E-state index in [0.29, 0.717) is 26.2 Å². The molecule has 0 atom stereocenters. The first-order valence-corrected chi connectivity index (χ1v) is 14.6. The summed E-state index contributed by atoms with van der Waals surface area (Å²) in [6.45, 7) is 0. The Morgan fingerprint density at radius 1 is 0.915 bits per heavy atom. The minimum atomic E-state index is -4.99. The number of fused-ring (bicyclic) bond motifs is 1. The number of anilines is 1. The van der Waals surface area contributed by atoms with Gasteiger partial charge in [-0.25, -0.2) is 13.5 Å². The Labute approximate surface area is 267 Å². The molecule has 0 aliphatic rings. The zero-order valence-corrected chi connectivity index (χ0v) is 25.3. The molecular weight excluding hydrogens is 641 g/mol. The molecule has 0 bridgehead atoms. The van der Waals surface area contributed by atoms with Crippen LogP contribution in [0.5, 0.6) is 11.5 Å². The van der Waals surface area contributed by atoms with Crippen LogP contribution in [-0.2, 0) is 6.18 Å². The van der Waals surface area contributed by atoms with Gasteiger partial charge in [-0.1, -0.05) is 12.1 Å². The number of nitrogens with one attached hydrogen (secondary N) is 1. The van der Waals surface area contributed by atoms with E-state index in [0.717, 1.165) is 47.0 Å². The van der Waals surface area contributed by atoms with Crippen LogP contribution in [0.4, 0.5) is 27.6 Å². The third kappa shape index (κ3) is 6.40. The van der Waals surface area contributed by atoms with Crippen molar-refractivity contribution in [1.29, 1.82) is 0 Å². The standard InChI is InChI=1S/C33H22F5N5O3S/c1-42(2)32(45)19-5-3-18(4-6-19)28-16-25-29(47-28)27(13-14-39-25)46-26-12-9-21(15-24(26)35)41-31(44)23-17-40-43(30(23)33(36,37)38)22-10-7-20(34)8-11-22/h3-17H,1-2H3,(H,41,44). The van der Waals surface area contributed by atoms with Gasteiger partial charge in [0.15, 0.2) is 17.3 Å². The smallest absolute Gasteiger partial charge is 0.434 e. The van der Waals surface area contributed by atoms with Gasteiger partial charge < -0.3 is 15.0 Å². The highest BCUT2D eigenvalue weighted by Gasteiger charge is 2.40. The first kappa shape index (κ1) is 31.4. The van der Waals surface area contributed by atoms with Gasteiger partial charge in [0.1, 0.15) is 11.6 Å². The Bertz CT molecular complexity index is 2120. The zero-order chi connectivity index (χ0) is 33.5. The molecule has 0 spiro atoms. The maximum atomic E-state index is 15.2. The number of carbonyl (C=O) groups excluding carboxylic acids is 2. The van der Waals surface area contributed by atoms with Gasteiger partial charge in [-0.3, -0.25) is 14.6 Å². The quantitative estimate of drug-likeness (QED) is 0.174. The number of amides is 2. The minimum absolute atomic E-state index is 0.109. The molecule has 47 heavy (non-hydrogen) atoms. The molecule has 0 aliphatic carbocycles. The molecule has 238 valence electrons. The molecule has 2 amide bonds. The highest BCUT2D eigenvalue weighted by molar-refractivity contribution is 7.22. The van der Waals surface area contributed by atoms with Crippen LogP contribution in [0.1, 0.15) is 26.4 Å². The summed E-state index contributed by atoms with van der Waals surface area (Å²) in [5.41, 5.74) is -0.441. The van der Waals surface area contributed by atoms with Gasteiger partial charge in [-0.2, -0.15) is 18.3 Å². The Hall–Kier alpha value is -5.63. The molecule has 3 heterocycles. The number of halogens is 5. The van der Waals surface area contributed by atoms with Crippen LogP contribution in [0.2, 0.25) is 0 Å². The molecule has 8 nitrogen and oxygen atoms in total. The number of pyridine rings is 1. The van der Waals surface area contributed by atoms with E-state index < -0.39 is 35.0 Å². The third-order valence-electron chi connectivity index (χ3n) is 6.96. The molecule has 1 N–H and O–H groups in total. The Kier molecular flexibility index (Phi) is 8.20. The number of hydrogen-bond donors (Lipinski definition) is 1. The number of thiophene rings is 1. The fourth-order valence-corrected chi connectivity index (χ4v) is 5.79. The summed E-state index contributed by atoms with van der Waals surface area (Å²) in [5, 5.41) is 5.95. The molecule has 3 aromatic heterocycles. The number of alkyl halides is 3. The van der Waals surface area contributed by atoms with Crippen LogP contribution < -0.4 is 10.1 Å². The molecule has 0 radical (unpaired) electrons. The second-order valence-electron chi connectivity index (χ2n) is 10.4. The van der Waals surface area contributed by atoms with Gasteiger partial charge in [0.05, 0.1) is 27.7 Å². The van der Waals surface area contributed by atoms with E-state index >= 15 is 4.39 Å². The zero-order valence-electron chi connectivity index (χ0n) is 24.5. The van der Waals surface area contributed by atoms with E-state index in [1.165, 1.54) is 34.6 Å². The molecule has 0 saturated carbocycles. The molecule has 0 aliphatic heterocycles. The van der Waals surface area contributed by atoms with Crippen molar-refractivity contribution in [2.24, 2.45) is 0 Å². The van der Waals surface area contributed by atoms with Crippen molar-refractivity contribution in [3.8, 4) is 27.6 Å². The summed E-state index contributed by atoms with van der Waals surface area (Å²) in [6, 6.07) is 18.0. The number of ether oxygens (including phenoxy) is 1. The summed E-state index contributed by atoms with van der Waals surface area (Å²) in [5.74, 6) is -2.73. The second-order valence-corrected chi connectivity index (χ2v) is 11.5. The van der Waals surface area contributed by atoms with E-state index in [2.05, 4.69) is 15.4 Å². The van der Waals surface area contributed by atoms with E-state index in [1.54, 1.807) is 32.3 Å². The van der Waals surface area contributed by atoms with Gasteiger partial charge in [0.25, 0.3) is 11.8 Å². The van der Waals surface area contributed by atoms with Crippen LogP contribution in [-0.4, -0.2) is 45.6 Å². The Morgan fingerprint density at radius 3 is 2.30 bits per heavy atom. The van der Waals surface area contributed by atoms with Crippen LogP contribution >= 0.6 is 11.3 Å². The molecule has 0 saturated heterocycles. The van der Waals surface area contributed by atoms with E-state index in [1.807, 2.05) is 18.2 Å². The van der Waals surface area contributed by atoms with Crippen LogP contribution in [0.3, 0.4) is 0 Å². The van der Waals surface area contributed by atoms with Crippen molar-refractivity contribution >= 4 is 39.1 Å². The number of aromatic nitrogens is 3. The van der Waals surface area contributed by atoms with Crippen molar-refractivity contribution < 1.29 is 36.3 Å². The van der Waals surface area contributed by atoms with Crippen molar-refractivity contribution in [2.45, 2.75) is 6.18 Å². The fraction of sp³-hybridized carbons (Fsp3) is 0.0909. The predicted molar refractivity (Wildman–Crippen MR) is 166 cm³/mol. The third-order valence-corrected chi connectivity index (χ3v) is 8.15. The Morgan fingerprint density at radius 2 is 1.64 bits per heavy atom. The highest BCUT2D eigenvalue weighted by atomic mass is 32.1. The molecule has 0 fully saturated rings. The van der Waals surface area contributed by atoms with E-state index in [-0.39, 0.29) is 23.0 Å². The lowest BCUT2D eigenvalue weighted by molar-refractivity contribution is -0.143. The maximum absolute atomic E-state index is 15.2. The average molecular weight is 664 g/mol. The second kappa shape index (κ2) is 12.3. The molecule has 3 aromatic carbocycles. The number of benzene rings is 3. The summed E-state index contributed by atoms with van der Waals surface area (Å²) >= 11 is 1.36. The lowest BCUT2D eigenvalue weighted by atomic mass is 10.1. The normalized spacial score (nSPS) is 11.5. The van der Waals surface area contributed by atoms with Crippen molar-refractivity contribution in [3.63, 3.8) is 0 Å². The number of hydrogen-bond acceptors (Lipinski definition) is 6. The Balaban J connectivity index is 1.22. The van der Waals surface area contributed by atoms with Gasteiger partial charge in [-0.15, -0.1) is 11.3 Å². The van der Waals surface area contributed by atoms with Gasteiger partial charge in [-0.05, 0) is 60.2 Å². The van der Waals surface area contributed by atoms with Crippen molar-refractivity contribution in [1.82, 2.24) is 19.7 Å². The number of carbonyl (C=O) groups is 2. The molecular formula is C33H22F5N5O3S. The van der Waals surface area contributed by atoms with Crippen LogP contribution in [0, 0.1) is 11.6 Å². The molecule has 6 rings (SSSR count). The van der Waals surface area contributed by atoms with E-state index in [9.17, 15) is 27.2 Å². The van der Waals surface area contributed by atoms with Gasteiger partial charge in [0.2, 0.25) is 0 Å². The summed E-state index contributed by atoms with van der Waals surface area (Å²) < 4.78 is 77.5. The summed E-state index contributed by atoms with van der Waals surface area (Å²) in [4.78, 5) is 31.8. The van der Waals surface area contributed by atoms with Crippen LogP contribution in [0.25, 0.3) is 26.3 Å². The largest absolute Gasteiger partial charge is 0.453 e. The monoisotopic (exact) mass is 663 g/mol. The topological polar surface area (TPSA) is 89.3 Å². The minimum Gasteiger partial charge on any atom is -0.453 e. The SMILES string of the molecule is CN(C)C(=O)c1ccc(-c2cc3nccc(Oc4ccc(NC(=O)c5cnn(-c6ccc(F)cc6)c5C(F)(F)F)cc4F)c3s2)cc1. The van der Waals surface area contributed by atoms with Crippen LogP contribution in [0.15, 0.2) is 91.3 Å². The highest BCUT2D eigenvalue weighted by Crippen LogP contribution is 2.40. The summed E-state index contributed by atoms with van der Waals surface area (Å²) in [6.07, 6.45) is -2.76. The number of rotatable bonds is 7. The molecule has 0 unspecified atom stereocenters. The van der Waals surface area contributed by atoms with Gasteiger partial charge >= 0.3 is 6.18 Å². The lowest BCUT2D eigenvalue weighted by Gasteiger charge is -2.13. The lowest BCUT2D eigenvalue weighted by Crippen LogP contribution is -2.21.